The number of hydrogen-bond donors (Lipinski definition) is 3. The molecule has 0 saturated carbocycles. The lowest BCUT2D eigenvalue weighted by Crippen LogP contribution is -2.44. The van der Waals surface area contributed by atoms with Crippen molar-refractivity contribution < 1.29 is 34.1 Å². The van der Waals surface area contributed by atoms with Gasteiger partial charge in [-0.05, 0) is 19.3 Å². The van der Waals surface area contributed by atoms with Crippen LogP contribution >= 0.6 is 0 Å². The molecule has 0 amide bonds. The number of unbranched alkanes of at least 4 members (excludes halogenated alkanes) is 1. The summed E-state index contributed by atoms with van der Waals surface area (Å²) in [7, 11) is 5.67. The quantitative estimate of drug-likeness (QED) is 0.262. The summed E-state index contributed by atoms with van der Waals surface area (Å²) in [6.07, 6.45) is 1.20. The first-order valence-corrected chi connectivity index (χ1v) is 8.61. The minimum Gasteiger partial charge on any atom is -0.481 e. The number of esters is 1. The van der Waals surface area contributed by atoms with E-state index in [4.69, 9.17) is 9.84 Å². The molecule has 0 aromatic heterocycles. The van der Waals surface area contributed by atoms with Crippen LogP contribution in [0.4, 0.5) is 0 Å². The summed E-state index contributed by atoms with van der Waals surface area (Å²) in [4.78, 5) is 22.8. The second-order valence-electron chi connectivity index (χ2n) is 7.39. The highest BCUT2D eigenvalue weighted by atomic mass is 16.5. The SMILES string of the molecule is CCC(O)CCCCC(O)CC(=O)OC(CC(=O)O)C[N+](C)(C)C. The zero-order chi connectivity index (χ0) is 18.8. The second-order valence-corrected chi connectivity index (χ2v) is 7.39. The third kappa shape index (κ3) is 13.3. The smallest absolute Gasteiger partial charge is 0.308 e. The Kier molecular flexibility index (Phi) is 10.8. The van der Waals surface area contributed by atoms with Gasteiger partial charge >= 0.3 is 11.9 Å². The van der Waals surface area contributed by atoms with Crippen molar-refractivity contribution in [3.63, 3.8) is 0 Å². The van der Waals surface area contributed by atoms with Gasteiger partial charge in [-0.25, -0.2) is 0 Å². The average Bonchev–Trinajstić information content (AvgIpc) is 2.40. The molecule has 7 nitrogen and oxygen atoms in total. The Morgan fingerprint density at radius 1 is 1.00 bits per heavy atom. The van der Waals surface area contributed by atoms with Crippen molar-refractivity contribution in [3.8, 4) is 0 Å². The van der Waals surface area contributed by atoms with Gasteiger partial charge in [0.05, 0.1) is 46.2 Å². The topological polar surface area (TPSA) is 104 Å². The molecule has 0 heterocycles. The Bertz CT molecular complexity index is 380. The van der Waals surface area contributed by atoms with Crippen LogP contribution < -0.4 is 0 Å². The van der Waals surface area contributed by atoms with Crippen LogP contribution in [0.3, 0.4) is 0 Å². The standard InChI is InChI=1S/C17H33NO6/c1-5-13(19)8-6-7-9-14(20)10-17(23)24-15(11-16(21)22)12-18(2,3)4/h13-15,19-20H,5-12H2,1-4H3/p+1. The van der Waals surface area contributed by atoms with Crippen LogP contribution in [0.2, 0.25) is 0 Å². The average molecular weight is 348 g/mol. The Morgan fingerprint density at radius 3 is 2.00 bits per heavy atom. The number of carbonyl (C=O) groups excluding carboxylic acids is 1. The summed E-state index contributed by atoms with van der Waals surface area (Å²) < 4.78 is 5.71. The summed E-state index contributed by atoms with van der Waals surface area (Å²) in [6, 6.07) is 0. The summed E-state index contributed by atoms with van der Waals surface area (Å²) in [5.41, 5.74) is 0. The van der Waals surface area contributed by atoms with Gasteiger partial charge in [-0.2, -0.15) is 0 Å². The van der Waals surface area contributed by atoms with E-state index in [1.807, 2.05) is 28.1 Å². The zero-order valence-electron chi connectivity index (χ0n) is 15.4. The van der Waals surface area contributed by atoms with Crippen molar-refractivity contribution in [3.05, 3.63) is 0 Å². The molecule has 0 spiro atoms. The van der Waals surface area contributed by atoms with Gasteiger partial charge in [0.15, 0.2) is 6.10 Å². The molecule has 0 rings (SSSR count). The molecule has 0 aromatic rings. The monoisotopic (exact) mass is 348 g/mol. The highest BCUT2D eigenvalue weighted by molar-refractivity contribution is 5.71. The summed E-state index contributed by atoms with van der Waals surface area (Å²) in [5, 5.41) is 28.2. The number of carboxylic acids is 1. The van der Waals surface area contributed by atoms with Crippen LogP contribution in [0, 0.1) is 0 Å². The lowest BCUT2D eigenvalue weighted by molar-refractivity contribution is -0.873. The number of quaternary nitrogens is 1. The summed E-state index contributed by atoms with van der Waals surface area (Å²) in [5.74, 6) is -1.59. The first kappa shape index (κ1) is 22.8. The molecule has 0 aliphatic heterocycles. The minimum atomic E-state index is -1.02. The molecular weight excluding hydrogens is 314 g/mol. The molecule has 0 fully saturated rings. The fraction of sp³-hybridized carbons (Fsp3) is 0.882. The van der Waals surface area contributed by atoms with Crippen molar-refractivity contribution in [2.45, 2.75) is 70.2 Å². The van der Waals surface area contributed by atoms with E-state index in [2.05, 4.69) is 0 Å². The number of aliphatic hydroxyl groups is 2. The van der Waals surface area contributed by atoms with E-state index in [-0.39, 0.29) is 18.9 Å². The highest BCUT2D eigenvalue weighted by Gasteiger charge is 2.25. The highest BCUT2D eigenvalue weighted by Crippen LogP contribution is 2.12. The number of carbonyl (C=O) groups is 2. The van der Waals surface area contributed by atoms with E-state index in [0.717, 1.165) is 12.8 Å². The fourth-order valence-corrected chi connectivity index (χ4v) is 2.44. The Morgan fingerprint density at radius 2 is 1.54 bits per heavy atom. The third-order valence-electron chi connectivity index (χ3n) is 3.65. The Balaban J connectivity index is 4.19. The molecule has 24 heavy (non-hydrogen) atoms. The van der Waals surface area contributed by atoms with Gasteiger partial charge in [0, 0.05) is 0 Å². The third-order valence-corrected chi connectivity index (χ3v) is 3.65. The molecule has 3 unspecified atom stereocenters. The van der Waals surface area contributed by atoms with Crippen molar-refractivity contribution >= 4 is 11.9 Å². The van der Waals surface area contributed by atoms with Crippen LogP contribution in [0.5, 0.6) is 0 Å². The van der Waals surface area contributed by atoms with Crippen LogP contribution in [0.15, 0.2) is 0 Å². The molecule has 0 aromatic carbocycles. The van der Waals surface area contributed by atoms with Gasteiger partial charge in [0.2, 0.25) is 0 Å². The largest absolute Gasteiger partial charge is 0.481 e. The second kappa shape index (κ2) is 11.4. The summed E-state index contributed by atoms with van der Waals surface area (Å²) in [6.45, 7) is 2.31. The molecule has 0 saturated heterocycles. The molecule has 142 valence electrons. The summed E-state index contributed by atoms with van der Waals surface area (Å²) >= 11 is 0. The van der Waals surface area contributed by atoms with Crippen LogP contribution in [-0.2, 0) is 14.3 Å². The molecular formula is C17H34NO6+. The number of aliphatic carboxylic acids is 1. The van der Waals surface area contributed by atoms with Gasteiger partial charge in [-0.15, -0.1) is 0 Å². The van der Waals surface area contributed by atoms with E-state index in [0.29, 0.717) is 30.3 Å². The molecule has 3 atom stereocenters. The predicted molar refractivity (Wildman–Crippen MR) is 90.4 cm³/mol. The number of aliphatic hydroxyl groups excluding tert-OH is 2. The molecule has 3 N–H and O–H groups in total. The first-order valence-electron chi connectivity index (χ1n) is 8.61. The van der Waals surface area contributed by atoms with Crippen LogP contribution in [0.1, 0.15) is 51.9 Å². The molecule has 7 heteroatoms. The Labute approximate surface area is 144 Å². The van der Waals surface area contributed by atoms with Gasteiger partial charge in [0.25, 0.3) is 0 Å². The van der Waals surface area contributed by atoms with Crippen LogP contribution in [0.25, 0.3) is 0 Å². The van der Waals surface area contributed by atoms with E-state index < -0.39 is 24.1 Å². The number of carboxylic acid groups (broad SMARTS) is 1. The van der Waals surface area contributed by atoms with E-state index in [9.17, 15) is 19.8 Å². The van der Waals surface area contributed by atoms with Crippen molar-refractivity contribution in [1.82, 2.24) is 0 Å². The van der Waals surface area contributed by atoms with Crippen molar-refractivity contribution in [2.75, 3.05) is 27.7 Å². The van der Waals surface area contributed by atoms with Gasteiger partial charge in [0.1, 0.15) is 6.54 Å². The van der Waals surface area contributed by atoms with Crippen molar-refractivity contribution in [2.24, 2.45) is 0 Å². The molecule has 0 aliphatic carbocycles. The van der Waals surface area contributed by atoms with Gasteiger partial charge in [-0.1, -0.05) is 19.8 Å². The number of rotatable bonds is 13. The maximum absolute atomic E-state index is 11.9. The number of hydrogen-bond acceptors (Lipinski definition) is 5. The fourth-order valence-electron chi connectivity index (χ4n) is 2.44. The number of nitrogens with zero attached hydrogens (tertiary/aromatic N) is 1. The maximum Gasteiger partial charge on any atom is 0.308 e. The lowest BCUT2D eigenvalue weighted by atomic mass is 10.0. The normalized spacial score (nSPS) is 15.6. The first-order chi connectivity index (χ1) is 11.0. The molecule has 0 radical (unpaired) electrons. The van der Waals surface area contributed by atoms with E-state index >= 15 is 0 Å². The predicted octanol–water partition coefficient (Wildman–Crippen LogP) is 1.16. The molecule has 0 aliphatic rings. The van der Waals surface area contributed by atoms with Gasteiger partial charge in [-0.3, -0.25) is 9.59 Å². The van der Waals surface area contributed by atoms with Crippen molar-refractivity contribution in [1.29, 1.82) is 0 Å². The van der Waals surface area contributed by atoms with Gasteiger partial charge < -0.3 is 24.5 Å². The van der Waals surface area contributed by atoms with E-state index in [1.54, 1.807) is 0 Å². The van der Waals surface area contributed by atoms with Crippen LogP contribution in [-0.4, -0.2) is 77.7 Å². The molecule has 0 bridgehead atoms. The zero-order valence-corrected chi connectivity index (χ0v) is 15.4. The minimum absolute atomic E-state index is 0.135. The lowest BCUT2D eigenvalue weighted by Gasteiger charge is -2.28. The number of ether oxygens (including phenoxy) is 1. The maximum atomic E-state index is 11.9. The Hall–Kier alpha value is -1.18. The van der Waals surface area contributed by atoms with E-state index in [1.165, 1.54) is 0 Å². The number of likely N-dealkylation sites (N-methyl/N-ethyl adjacent to an activating group) is 1.